The summed E-state index contributed by atoms with van der Waals surface area (Å²) in [7, 11) is 3.18. The quantitative estimate of drug-likeness (QED) is 0.471. The minimum atomic E-state index is -0.355. The summed E-state index contributed by atoms with van der Waals surface area (Å²) < 4.78 is 11.0. The van der Waals surface area contributed by atoms with E-state index in [4.69, 9.17) is 4.74 Å². The highest BCUT2D eigenvalue weighted by molar-refractivity contribution is 9.10. The highest BCUT2D eigenvalue weighted by Crippen LogP contribution is 2.32. The van der Waals surface area contributed by atoms with Crippen LogP contribution in [0.5, 0.6) is 5.75 Å². The normalized spacial score (nSPS) is 11.2. The molecule has 2 aromatic heterocycles. The van der Waals surface area contributed by atoms with Crippen molar-refractivity contribution in [2.75, 3.05) is 6.61 Å². The van der Waals surface area contributed by atoms with Crippen LogP contribution >= 0.6 is 15.9 Å². The molecule has 7 heteroatoms. The zero-order valence-corrected chi connectivity index (χ0v) is 17.9. The Hall–Kier alpha value is -3.06. The third-order valence-electron chi connectivity index (χ3n) is 4.96. The van der Waals surface area contributed by atoms with E-state index in [1.165, 1.54) is 11.6 Å². The first-order valence-electron chi connectivity index (χ1n) is 9.22. The topological polar surface area (TPSA) is 58.2 Å². The number of benzene rings is 2. The van der Waals surface area contributed by atoms with Crippen molar-refractivity contribution in [3.63, 3.8) is 0 Å². The Balaban J connectivity index is 2.10. The fraction of sp³-hybridized carbons (Fsp3) is 0.182. The van der Waals surface area contributed by atoms with Crippen LogP contribution in [0.2, 0.25) is 0 Å². The van der Waals surface area contributed by atoms with Crippen LogP contribution in [0, 0.1) is 0 Å². The molecule has 0 fully saturated rings. The number of nitrogens with zero attached hydrogens (tertiary/aromatic N) is 3. The molecule has 2 heterocycles. The standard InChI is InChI=1S/C22H20BrN3O3/c1-4-29-17-10-8-16(9-11-17)26-13-18-19(21(27)25(3)22(28)24(18)2)20(26)14-6-5-7-15(23)12-14/h5-13H,4H2,1-3H3. The molecule has 0 aliphatic heterocycles. The van der Waals surface area contributed by atoms with E-state index in [9.17, 15) is 9.59 Å². The average Bonchev–Trinajstić information content (AvgIpc) is 3.12. The van der Waals surface area contributed by atoms with E-state index in [0.29, 0.717) is 17.5 Å². The molecule has 0 aliphatic carbocycles. The molecule has 0 radical (unpaired) electrons. The van der Waals surface area contributed by atoms with Gasteiger partial charge in [-0.1, -0.05) is 28.1 Å². The van der Waals surface area contributed by atoms with Crippen LogP contribution in [0.4, 0.5) is 0 Å². The summed E-state index contributed by atoms with van der Waals surface area (Å²) in [4.78, 5) is 25.5. The highest BCUT2D eigenvalue weighted by Gasteiger charge is 2.20. The zero-order valence-electron chi connectivity index (χ0n) is 16.3. The predicted molar refractivity (Wildman–Crippen MR) is 118 cm³/mol. The third-order valence-corrected chi connectivity index (χ3v) is 5.46. The first kappa shape index (κ1) is 19.3. The maximum absolute atomic E-state index is 13.1. The van der Waals surface area contributed by atoms with E-state index >= 15 is 0 Å². The molecule has 2 aromatic carbocycles. The molecule has 0 amide bonds. The summed E-state index contributed by atoms with van der Waals surface area (Å²) in [6.45, 7) is 2.53. The smallest absolute Gasteiger partial charge is 0.330 e. The monoisotopic (exact) mass is 453 g/mol. The van der Waals surface area contributed by atoms with E-state index in [1.807, 2.05) is 66.2 Å². The Morgan fingerprint density at radius 3 is 2.38 bits per heavy atom. The van der Waals surface area contributed by atoms with Gasteiger partial charge in [0, 0.05) is 36.0 Å². The largest absolute Gasteiger partial charge is 0.494 e. The van der Waals surface area contributed by atoms with Crippen LogP contribution in [-0.2, 0) is 14.1 Å². The van der Waals surface area contributed by atoms with Gasteiger partial charge in [-0.05, 0) is 43.3 Å². The maximum Gasteiger partial charge on any atom is 0.330 e. The van der Waals surface area contributed by atoms with E-state index in [1.54, 1.807) is 7.05 Å². The van der Waals surface area contributed by atoms with Crippen molar-refractivity contribution in [2.45, 2.75) is 6.92 Å². The fourth-order valence-electron chi connectivity index (χ4n) is 3.53. The summed E-state index contributed by atoms with van der Waals surface area (Å²) >= 11 is 3.51. The lowest BCUT2D eigenvalue weighted by atomic mass is 10.1. The summed E-state index contributed by atoms with van der Waals surface area (Å²) in [6, 6.07) is 15.4. The third kappa shape index (κ3) is 3.21. The SMILES string of the molecule is CCOc1ccc(-n2cc3c(c2-c2cccc(Br)c2)c(=O)n(C)c(=O)n3C)cc1. The number of rotatable bonds is 4. The number of hydrogen-bond donors (Lipinski definition) is 0. The van der Waals surface area contributed by atoms with Gasteiger partial charge in [-0.15, -0.1) is 0 Å². The predicted octanol–water partition coefficient (Wildman–Crippen LogP) is 3.86. The van der Waals surface area contributed by atoms with Crippen molar-refractivity contribution in [1.29, 1.82) is 0 Å². The molecule has 0 bridgehead atoms. The van der Waals surface area contributed by atoms with Gasteiger partial charge in [0.15, 0.2) is 0 Å². The van der Waals surface area contributed by atoms with Crippen LogP contribution in [0.1, 0.15) is 6.92 Å². The van der Waals surface area contributed by atoms with E-state index in [0.717, 1.165) is 31.7 Å². The Morgan fingerprint density at radius 2 is 1.72 bits per heavy atom. The molecule has 0 unspecified atom stereocenters. The van der Waals surface area contributed by atoms with Crippen molar-refractivity contribution in [1.82, 2.24) is 13.7 Å². The van der Waals surface area contributed by atoms with Gasteiger partial charge >= 0.3 is 5.69 Å². The second-order valence-electron chi connectivity index (χ2n) is 6.75. The molecule has 0 saturated carbocycles. The fourth-order valence-corrected chi connectivity index (χ4v) is 3.93. The Kier molecular flexibility index (Phi) is 4.92. The van der Waals surface area contributed by atoms with Gasteiger partial charge in [0.05, 0.1) is 23.2 Å². The number of hydrogen-bond acceptors (Lipinski definition) is 3. The molecule has 4 rings (SSSR count). The second kappa shape index (κ2) is 7.40. The molecule has 148 valence electrons. The minimum absolute atomic E-state index is 0.317. The van der Waals surface area contributed by atoms with Crippen molar-refractivity contribution in [2.24, 2.45) is 14.1 Å². The van der Waals surface area contributed by atoms with Gasteiger partial charge in [0.2, 0.25) is 0 Å². The minimum Gasteiger partial charge on any atom is -0.494 e. The van der Waals surface area contributed by atoms with Crippen molar-refractivity contribution >= 4 is 26.8 Å². The van der Waals surface area contributed by atoms with Crippen molar-refractivity contribution in [3.05, 3.63) is 80.0 Å². The second-order valence-corrected chi connectivity index (χ2v) is 7.67. The average molecular weight is 454 g/mol. The summed E-state index contributed by atoms with van der Waals surface area (Å²) in [5.74, 6) is 0.778. The van der Waals surface area contributed by atoms with Crippen LogP contribution in [0.15, 0.2) is 68.8 Å². The number of ether oxygens (including phenoxy) is 1. The Morgan fingerprint density at radius 1 is 1.00 bits per heavy atom. The maximum atomic E-state index is 13.1. The van der Waals surface area contributed by atoms with Gasteiger partial charge in [0.1, 0.15) is 5.75 Å². The molecule has 6 nitrogen and oxygen atoms in total. The molecule has 4 aromatic rings. The van der Waals surface area contributed by atoms with E-state index < -0.39 is 0 Å². The number of fused-ring (bicyclic) bond motifs is 1. The lowest BCUT2D eigenvalue weighted by Gasteiger charge is -2.11. The van der Waals surface area contributed by atoms with Gasteiger partial charge < -0.3 is 9.30 Å². The Bertz CT molecular complexity index is 1330. The molecule has 0 spiro atoms. The number of halogens is 1. The molecular formula is C22H20BrN3O3. The lowest BCUT2D eigenvalue weighted by Crippen LogP contribution is -2.36. The van der Waals surface area contributed by atoms with Gasteiger partial charge in [-0.3, -0.25) is 13.9 Å². The first-order chi connectivity index (χ1) is 13.9. The molecule has 29 heavy (non-hydrogen) atoms. The summed E-state index contributed by atoms with van der Waals surface area (Å²) in [5.41, 5.74) is 2.40. The van der Waals surface area contributed by atoms with Crippen LogP contribution < -0.4 is 16.0 Å². The summed E-state index contributed by atoms with van der Waals surface area (Å²) in [6.07, 6.45) is 1.84. The highest BCUT2D eigenvalue weighted by atomic mass is 79.9. The van der Waals surface area contributed by atoms with Gasteiger partial charge in [-0.25, -0.2) is 4.79 Å². The molecule has 0 saturated heterocycles. The zero-order chi connectivity index (χ0) is 20.7. The molecule has 0 N–H and O–H groups in total. The molecule has 0 atom stereocenters. The van der Waals surface area contributed by atoms with Crippen molar-refractivity contribution < 1.29 is 4.74 Å². The van der Waals surface area contributed by atoms with Crippen LogP contribution in [-0.4, -0.2) is 20.3 Å². The molecule has 0 aliphatic rings. The van der Waals surface area contributed by atoms with Crippen molar-refractivity contribution in [3.8, 4) is 22.7 Å². The first-order valence-corrected chi connectivity index (χ1v) is 10.0. The number of aryl methyl sites for hydroxylation is 1. The van der Waals surface area contributed by atoms with Crippen LogP contribution in [0.3, 0.4) is 0 Å². The summed E-state index contributed by atoms with van der Waals surface area (Å²) in [5, 5.41) is 0.501. The Labute approximate surface area is 175 Å². The van der Waals surface area contributed by atoms with E-state index in [-0.39, 0.29) is 11.2 Å². The van der Waals surface area contributed by atoms with Crippen LogP contribution in [0.25, 0.3) is 27.8 Å². The lowest BCUT2D eigenvalue weighted by molar-refractivity contribution is 0.340. The molecular weight excluding hydrogens is 434 g/mol. The number of aromatic nitrogens is 3. The van der Waals surface area contributed by atoms with Gasteiger partial charge in [0.25, 0.3) is 5.56 Å². The van der Waals surface area contributed by atoms with E-state index in [2.05, 4.69) is 15.9 Å². The van der Waals surface area contributed by atoms with Gasteiger partial charge in [-0.2, -0.15) is 0 Å².